The van der Waals surface area contributed by atoms with Gasteiger partial charge in [-0.2, -0.15) is 18.3 Å². The smallest absolute Gasteiger partial charge is 0.416 e. The third-order valence-corrected chi connectivity index (χ3v) is 2.61. The van der Waals surface area contributed by atoms with E-state index in [2.05, 4.69) is 5.10 Å². The Kier molecular flexibility index (Phi) is 3.05. The molecule has 1 N–H and O–H groups in total. The highest BCUT2D eigenvalue weighted by atomic mass is 19.4. The summed E-state index contributed by atoms with van der Waals surface area (Å²) in [5, 5.41) is 12.5. The molecule has 7 heteroatoms. The van der Waals surface area contributed by atoms with Crippen molar-refractivity contribution in [2.45, 2.75) is 6.18 Å². The molecule has 0 unspecified atom stereocenters. The fraction of sp³-hybridized carbons (Fsp3) is 0.167. The Bertz CT molecular complexity index is 615. The van der Waals surface area contributed by atoms with Crippen LogP contribution in [-0.2, 0) is 13.2 Å². The maximum absolute atomic E-state index is 12.4. The van der Waals surface area contributed by atoms with E-state index in [1.807, 2.05) is 0 Å². The highest BCUT2D eigenvalue weighted by molar-refractivity contribution is 5.87. The molecule has 0 saturated heterocycles. The van der Waals surface area contributed by atoms with Crippen molar-refractivity contribution in [3.8, 4) is 11.3 Å². The second-order valence-electron chi connectivity index (χ2n) is 3.92. The van der Waals surface area contributed by atoms with E-state index in [-0.39, 0.29) is 5.69 Å². The van der Waals surface area contributed by atoms with Crippen LogP contribution in [0.4, 0.5) is 13.2 Å². The molecule has 0 saturated carbocycles. The van der Waals surface area contributed by atoms with Crippen molar-refractivity contribution in [2.24, 2.45) is 7.05 Å². The fourth-order valence-corrected chi connectivity index (χ4v) is 1.67. The van der Waals surface area contributed by atoms with E-state index in [1.54, 1.807) is 0 Å². The quantitative estimate of drug-likeness (QED) is 0.912. The van der Waals surface area contributed by atoms with Crippen LogP contribution < -0.4 is 0 Å². The number of alkyl halides is 3. The molecule has 4 nitrogen and oxygen atoms in total. The van der Waals surface area contributed by atoms with Crippen molar-refractivity contribution >= 4 is 5.97 Å². The minimum absolute atomic E-state index is 0.155. The number of benzene rings is 1. The Morgan fingerprint density at radius 1 is 1.26 bits per heavy atom. The molecule has 0 atom stereocenters. The van der Waals surface area contributed by atoms with Gasteiger partial charge in [0.25, 0.3) is 0 Å². The standard InChI is InChI=1S/C12H9F3N2O2/c1-17-10(6-9(16-17)11(18)19)7-2-4-8(5-3-7)12(13,14)15/h2-6H,1H3,(H,18,19). The number of nitrogens with zero attached hydrogens (tertiary/aromatic N) is 2. The van der Waals surface area contributed by atoms with Crippen LogP contribution in [0.1, 0.15) is 16.1 Å². The molecular weight excluding hydrogens is 261 g/mol. The van der Waals surface area contributed by atoms with Crippen LogP contribution in [0.3, 0.4) is 0 Å². The maximum atomic E-state index is 12.4. The first-order valence-electron chi connectivity index (χ1n) is 5.24. The second kappa shape index (κ2) is 4.42. The number of halogens is 3. The van der Waals surface area contributed by atoms with E-state index >= 15 is 0 Å². The monoisotopic (exact) mass is 270 g/mol. The molecule has 0 aliphatic heterocycles. The van der Waals surface area contributed by atoms with Crippen molar-refractivity contribution in [1.82, 2.24) is 9.78 Å². The topological polar surface area (TPSA) is 55.1 Å². The second-order valence-corrected chi connectivity index (χ2v) is 3.92. The summed E-state index contributed by atoms with van der Waals surface area (Å²) in [7, 11) is 1.53. The number of hydrogen-bond donors (Lipinski definition) is 1. The highest BCUT2D eigenvalue weighted by Gasteiger charge is 2.30. The lowest BCUT2D eigenvalue weighted by molar-refractivity contribution is -0.137. The van der Waals surface area contributed by atoms with E-state index in [9.17, 15) is 18.0 Å². The molecule has 0 radical (unpaired) electrons. The van der Waals surface area contributed by atoms with Gasteiger partial charge in [-0.3, -0.25) is 4.68 Å². The number of hydrogen-bond acceptors (Lipinski definition) is 2. The van der Waals surface area contributed by atoms with Crippen LogP contribution in [-0.4, -0.2) is 20.9 Å². The molecule has 100 valence electrons. The van der Waals surface area contributed by atoms with Crippen LogP contribution in [0.2, 0.25) is 0 Å². The van der Waals surface area contributed by atoms with Crippen LogP contribution >= 0.6 is 0 Å². The molecule has 0 fully saturated rings. The predicted molar refractivity (Wildman–Crippen MR) is 60.6 cm³/mol. The Balaban J connectivity index is 2.40. The van der Waals surface area contributed by atoms with Gasteiger partial charge in [0.15, 0.2) is 5.69 Å². The summed E-state index contributed by atoms with van der Waals surface area (Å²) in [5.74, 6) is -1.19. The Morgan fingerprint density at radius 3 is 2.26 bits per heavy atom. The molecule has 0 spiro atoms. The summed E-state index contributed by atoms with van der Waals surface area (Å²) in [6, 6.07) is 5.77. The lowest BCUT2D eigenvalue weighted by Gasteiger charge is -2.07. The van der Waals surface area contributed by atoms with Crippen molar-refractivity contribution in [2.75, 3.05) is 0 Å². The third-order valence-electron chi connectivity index (χ3n) is 2.61. The van der Waals surface area contributed by atoms with Gasteiger partial charge in [0.1, 0.15) is 0 Å². The van der Waals surface area contributed by atoms with E-state index < -0.39 is 17.7 Å². The zero-order valence-corrected chi connectivity index (χ0v) is 9.77. The van der Waals surface area contributed by atoms with Crippen LogP contribution in [0, 0.1) is 0 Å². The molecule has 0 amide bonds. The summed E-state index contributed by atoms with van der Waals surface area (Å²) in [6.45, 7) is 0. The molecule has 1 heterocycles. The van der Waals surface area contributed by atoms with Gasteiger partial charge in [-0.25, -0.2) is 4.79 Å². The van der Waals surface area contributed by atoms with E-state index in [0.717, 1.165) is 12.1 Å². The third kappa shape index (κ3) is 2.59. The molecule has 0 aliphatic carbocycles. The summed E-state index contributed by atoms with van der Waals surface area (Å²) in [5.41, 5.74) is -0.00380. The highest BCUT2D eigenvalue weighted by Crippen LogP contribution is 2.31. The first kappa shape index (κ1) is 13.1. The predicted octanol–water partition coefficient (Wildman–Crippen LogP) is 2.80. The van der Waals surface area contributed by atoms with Crippen molar-refractivity contribution in [1.29, 1.82) is 0 Å². The molecule has 0 aliphatic rings. The SMILES string of the molecule is Cn1nc(C(=O)O)cc1-c1ccc(C(F)(F)F)cc1. The van der Waals surface area contributed by atoms with Gasteiger partial charge < -0.3 is 5.11 Å². The number of carboxylic acid groups (broad SMARTS) is 1. The van der Waals surface area contributed by atoms with E-state index in [0.29, 0.717) is 11.3 Å². The van der Waals surface area contributed by atoms with Crippen molar-refractivity contribution < 1.29 is 23.1 Å². The number of carboxylic acids is 1. The number of aryl methyl sites for hydroxylation is 1. The summed E-state index contributed by atoms with van der Waals surface area (Å²) in [6.07, 6.45) is -4.39. The van der Waals surface area contributed by atoms with E-state index in [4.69, 9.17) is 5.11 Å². The van der Waals surface area contributed by atoms with Gasteiger partial charge in [-0.05, 0) is 23.8 Å². The minimum atomic E-state index is -4.39. The van der Waals surface area contributed by atoms with Crippen LogP contribution in [0.15, 0.2) is 30.3 Å². The van der Waals surface area contributed by atoms with Gasteiger partial charge in [-0.1, -0.05) is 12.1 Å². The number of aromatic nitrogens is 2. The average Bonchev–Trinajstić information content (AvgIpc) is 2.70. The normalized spacial score (nSPS) is 11.6. The maximum Gasteiger partial charge on any atom is 0.416 e. The van der Waals surface area contributed by atoms with Gasteiger partial charge >= 0.3 is 12.1 Å². The summed E-state index contributed by atoms with van der Waals surface area (Å²) in [4.78, 5) is 10.8. The molecular formula is C12H9F3N2O2. The van der Waals surface area contributed by atoms with Gasteiger partial charge in [-0.15, -0.1) is 0 Å². The molecule has 1 aromatic heterocycles. The lowest BCUT2D eigenvalue weighted by Crippen LogP contribution is -2.04. The van der Waals surface area contributed by atoms with Crippen LogP contribution in [0.5, 0.6) is 0 Å². The largest absolute Gasteiger partial charge is 0.476 e. The molecule has 2 aromatic rings. The van der Waals surface area contributed by atoms with Crippen molar-refractivity contribution in [3.05, 3.63) is 41.6 Å². The number of rotatable bonds is 2. The zero-order chi connectivity index (χ0) is 14.2. The molecule has 1 aromatic carbocycles. The number of carbonyl (C=O) groups is 1. The first-order chi connectivity index (χ1) is 8.79. The van der Waals surface area contributed by atoms with Gasteiger partial charge in [0.05, 0.1) is 11.3 Å². The van der Waals surface area contributed by atoms with E-state index in [1.165, 1.54) is 29.9 Å². The number of aromatic carboxylic acids is 1. The Morgan fingerprint density at radius 2 is 1.84 bits per heavy atom. The first-order valence-corrected chi connectivity index (χ1v) is 5.24. The average molecular weight is 270 g/mol. The van der Waals surface area contributed by atoms with Gasteiger partial charge in [0, 0.05) is 7.05 Å². The minimum Gasteiger partial charge on any atom is -0.476 e. The molecule has 2 rings (SSSR count). The molecule has 0 bridgehead atoms. The fourth-order valence-electron chi connectivity index (χ4n) is 1.67. The Labute approximate surface area is 106 Å². The Hall–Kier alpha value is -2.31. The summed E-state index contributed by atoms with van der Waals surface area (Å²) < 4.78 is 38.6. The summed E-state index contributed by atoms with van der Waals surface area (Å²) >= 11 is 0. The molecule has 19 heavy (non-hydrogen) atoms. The van der Waals surface area contributed by atoms with Crippen LogP contribution in [0.25, 0.3) is 11.3 Å². The lowest BCUT2D eigenvalue weighted by atomic mass is 10.1. The van der Waals surface area contributed by atoms with Gasteiger partial charge in [0.2, 0.25) is 0 Å². The zero-order valence-electron chi connectivity index (χ0n) is 9.77. The van der Waals surface area contributed by atoms with Crippen molar-refractivity contribution in [3.63, 3.8) is 0 Å².